The van der Waals surface area contributed by atoms with Gasteiger partial charge in [-0.2, -0.15) is 5.10 Å². The van der Waals surface area contributed by atoms with E-state index in [2.05, 4.69) is 15.4 Å². The molecular formula is C19H16N4O3S. The summed E-state index contributed by atoms with van der Waals surface area (Å²) in [6, 6.07) is 7.35. The van der Waals surface area contributed by atoms with Gasteiger partial charge in [0, 0.05) is 17.8 Å². The third-order valence-corrected chi connectivity index (χ3v) is 4.75. The predicted octanol–water partition coefficient (Wildman–Crippen LogP) is 3.22. The van der Waals surface area contributed by atoms with E-state index < -0.39 is 0 Å². The number of hydrogen-bond donors (Lipinski definition) is 1. The minimum atomic E-state index is -0.291. The van der Waals surface area contributed by atoms with Gasteiger partial charge in [0.15, 0.2) is 5.65 Å². The third kappa shape index (κ3) is 3.19. The van der Waals surface area contributed by atoms with Crippen LogP contribution in [-0.2, 0) is 6.54 Å². The van der Waals surface area contributed by atoms with Crippen LogP contribution in [0.5, 0.6) is 0 Å². The van der Waals surface area contributed by atoms with Crippen LogP contribution in [0.3, 0.4) is 0 Å². The molecule has 4 rings (SSSR count). The van der Waals surface area contributed by atoms with Crippen molar-refractivity contribution in [3.05, 3.63) is 65.3 Å². The van der Waals surface area contributed by atoms with Gasteiger partial charge in [-0.05, 0) is 43.0 Å². The Labute approximate surface area is 158 Å². The number of rotatable bonds is 4. The molecule has 136 valence electrons. The number of nitrogens with one attached hydrogen (secondary N) is 1. The minimum Gasteiger partial charge on any atom is -0.458 e. The van der Waals surface area contributed by atoms with Gasteiger partial charge >= 0.3 is 0 Å². The molecule has 7 nitrogen and oxygen atoms in total. The second kappa shape index (κ2) is 6.88. The molecule has 0 atom stereocenters. The SMILES string of the molecule is CSC(=O)c1cc(C)cc2cc(CNC(=O)c3cnn4cccnc34)oc12. The largest absolute Gasteiger partial charge is 0.458 e. The highest BCUT2D eigenvalue weighted by atomic mass is 32.2. The first-order valence-electron chi connectivity index (χ1n) is 8.25. The highest BCUT2D eigenvalue weighted by Crippen LogP contribution is 2.27. The fraction of sp³-hybridized carbons (Fsp3) is 0.158. The van der Waals surface area contributed by atoms with Gasteiger partial charge in [-0.15, -0.1) is 0 Å². The summed E-state index contributed by atoms with van der Waals surface area (Å²) in [4.78, 5) is 28.8. The monoisotopic (exact) mass is 380 g/mol. The molecule has 0 aliphatic rings. The van der Waals surface area contributed by atoms with Gasteiger partial charge in [0.05, 0.1) is 18.3 Å². The van der Waals surface area contributed by atoms with E-state index in [0.717, 1.165) is 22.7 Å². The summed E-state index contributed by atoms with van der Waals surface area (Å²) in [6.07, 6.45) is 6.56. The Morgan fingerprint density at radius 1 is 1.26 bits per heavy atom. The molecule has 3 heterocycles. The molecule has 1 aromatic carbocycles. The number of fused-ring (bicyclic) bond motifs is 2. The summed E-state index contributed by atoms with van der Waals surface area (Å²) in [5.41, 5.74) is 2.95. The maximum atomic E-state index is 12.5. The van der Waals surface area contributed by atoms with E-state index in [9.17, 15) is 9.59 Å². The second-order valence-electron chi connectivity index (χ2n) is 6.06. The lowest BCUT2D eigenvalue weighted by Crippen LogP contribution is -2.22. The molecule has 1 N–H and O–H groups in total. The quantitative estimate of drug-likeness (QED) is 0.585. The fourth-order valence-electron chi connectivity index (χ4n) is 2.96. The van der Waals surface area contributed by atoms with Crippen LogP contribution in [0.4, 0.5) is 0 Å². The van der Waals surface area contributed by atoms with Gasteiger partial charge in [0.2, 0.25) is 5.12 Å². The fourth-order valence-corrected chi connectivity index (χ4v) is 3.33. The van der Waals surface area contributed by atoms with Crippen LogP contribution in [0.2, 0.25) is 0 Å². The van der Waals surface area contributed by atoms with Crippen molar-refractivity contribution in [1.82, 2.24) is 19.9 Å². The normalized spacial score (nSPS) is 11.2. The minimum absolute atomic E-state index is 0.0499. The molecule has 0 fully saturated rings. The number of aryl methyl sites for hydroxylation is 1. The van der Waals surface area contributed by atoms with Crippen LogP contribution < -0.4 is 5.32 Å². The zero-order chi connectivity index (χ0) is 19.0. The highest BCUT2D eigenvalue weighted by Gasteiger charge is 2.17. The number of aromatic nitrogens is 3. The first-order chi connectivity index (χ1) is 13.1. The molecule has 4 aromatic rings. The standard InChI is InChI=1S/C19H16N4O3S/c1-11-6-12-8-13(26-16(12)14(7-11)19(25)27-2)9-21-18(24)15-10-22-23-5-3-4-20-17(15)23/h3-8,10H,9H2,1-2H3,(H,21,24). The summed E-state index contributed by atoms with van der Waals surface area (Å²) in [7, 11) is 0. The Balaban J connectivity index is 1.59. The average molecular weight is 380 g/mol. The Bertz CT molecular complexity index is 1180. The topological polar surface area (TPSA) is 89.5 Å². The van der Waals surface area contributed by atoms with E-state index in [1.165, 1.54) is 6.20 Å². The molecule has 0 aliphatic heterocycles. The molecule has 3 aromatic heterocycles. The number of furan rings is 1. The van der Waals surface area contributed by atoms with Crippen LogP contribution in [0.25, 0.3) is 16.6 Å². The molecule has 27 heavy (non-hydrogen) atoms. The van der Waals surface area contributed by atoms with E-state index in [0.29, 0.717) is 28.1 Å². The van der Waals surface area contributed by atoms with Crippen LogP contribution >= 0.6 is 11.8 Å². The molecule has 8 heteroatoms. The van der Waals surface area contributed by atoms with Crippen molar-refractivity contribution in [3.63, 3.8) is 0 Å². The predicted molar refractivity (Wildman–Crippen MR) is 103 cm³/mol. The Morgan fingerprint density at radius 2 is 2.11 bits per heavy atom. The molecule has 0 saturated heterocycles. The summed E-state index contributed by atoms with van der Waals surface area (Å²) in [5, 5.41) is 7.72. The first-order valence-corrected chi connectivity index (χ1v) is 9.47. The Kier molecular flexibility index (Phi) is 4.41. The average Bonchev–Trinajstić information content (AvgIpc) is 3.28. The van der Waals surface area contributed by atoms with Crippen LogP contribution in [0.15, 0.2) is 47.3 Å². The summed E-state index contributed by atoms with van der Waals surface area (Å²) in [6.45, 7) is 2.13. The van der Waals surface area contributed by atoms with Crippen molar-refractivity contribution in [2.75, 3.05) is 6.26 Å². The molecule has 0 unspecified atom stereocenters. The number of benzene rings is 1. The second-order valence-corrected chi connectivity index (χ2v) is 6.84. The van der Waals surface area contributed by atoms with Gasteiger partial charge in [0.1, 0.15) is 16.9 Å². The third-order valence-electron chi connectivity index (χ3n) is 4.16. The zero-order valence-corrected chi connectivity index (χ0v) is 15.5. The van der Waals surface area contributed by atoms with Gasteiger partial charge in [-0.3, -0.25) is 9.59 Å². The van der Waals surface area contributed by atoms with Crippen LogP contribution in [0.1, 0.15) is 32.0 Å². The van der Waals surface area contributed by atoms with E-state index in [1.54, 1.807) is 29.2 Å². The lowest BCUT2D eigenvalue weighted by molar-refractivity contribution is 0.0949. The molecule has 0 spiro atoms. The maximum Gasteiger partial charge on any atom is 0.257 e. The van der Waals surface area contributed by atoms with Crippen molar-refractivity contribution in [2.24, 2.45) is 0 Å². The number of amides is 1. The number of hydrogen-bond acceptors (Lipinski definition) is 6. The lowest BCUT2D eigenvalue weighted by atomic mass is 10.1. The van der Waals surface area contributed by atoms with Crippen molar-refractivity contribution >= 4 is 39.4 Å². The lowest BCUT2D eigenvalue weighted by Gasteiger charge is -2.02. The van der Waals surface area contributed by atoms with Gasteiger partial charge in [-0.1, -0.05) is 11.8 Å². The number of carbonyl (C=O) groups is 2. The summed E-state index contributed by atoms with van der Waals surface area (Å²) >= 11 is 1.14. The molecule has 0 saturated carbocycles. The van der Waals surface area contributed by atoms with Crippen molar-refractivity contribution in [3.8, 4) is 0 Å². The molecule has 0 aliphatic carbocycles. The molecular weight excluding hydrogens is 364 g/mol. The Morgan fingerprint density at radius 3 is 2.93 bits per heavy atom. The van der Waals surface area contributed by atoms with Crippen molar-refractivity contribution in [1.29, 1.82) is 0 Å². The number of thioether (sulfide) groups is 1. The van der Waals surface area contributed by atoms with E-state index in [-0.39, 0.29) is 17.6 Å². The highest BCUT2D eigenvalue weighted by molar-refractivity contribution is 8.13. The molecule has 0 radical (unpaired) electrons. The van der Waals surface area contributed by atoms with Crippen molar-refractivity contribution in [2.45, 2.75) is 13.5 Å². The van der Waals surface area contributed by atoms with Crippen LogP contribution in [0, 0.1) is 6.92 Å². The van der Waals surface area contributed by atoms with Gasteiger partial charge < -0.3 is 9.73 Å². The van der Waals surface area contributed by atoms with E-state index in [1.807, 2.05) is 25.1 Å². The van der Waals surface area contributed by atoms with E-state index >= 15 is 0 Å². The first kappa shape index (κ1) is 17.3. The van der Waals surface area contributed by atoms with Crippen molar-refractivity contribution < 1.29 is 14.0 Å². The number of nitrogens with zero attached hydrogens (tertiary/aromatic N) is 3. The number of carbonyl (C=O) groups excluding carboxylic acids is 2. The smallest absolute Gasteiger partial charge is 0.257 e. The Hall–Kier alpha value is -3.13. The maximum absolute atomic E-state index is 12.5. The van der Waals surface area contributed by atoms with Gasteiger partial charge in [0.25, 0.3) is 5.91 Å². The van der Waals surface area contributed by atoms with Gasteiger partial charge in [-0.25, -0.2) is 9.50 Å². The van der Waals surface area contributed by atoms with E-state index in [4.69, 9.17) is 4.42 Å². The summed E-state index contributed by atoms with van der Waals surface area (Å²) < 4.78 is 7.39. The molecule has 1 amide bonds. The molecule has 0 bridgehead atoms. The summed E-state index contributed by atoms with van der Waals surface area (Å²) in [5.74, 6) is 0.282. The zero-order valence-electron chi connectivity index (χ0n) is 14.7. The van der Waals surface area contributed by atoms with Crippen LogP contribution in [-0.4, -0.2) is 31.9 Å².